The lowest BCUT2D eigenvalue weighted by Gasteiger charge is -2.28. The number of hydrogen-bond donors (Lipinski definition) is 1. The summed E-state index contributed by atoms with van der Waals surface area (Å²) in [6.45, 7) is 5.36. The van der Waals surface area contributed by atoms with Gasteiger partial charge >= 0.3 is 0 Å². The fourth-order valence-corrected chi connectivity index (χ4v) is 1.97. The molecule has 3 nitrogen and oxygen atoms in total. The maximum absolute atomic E-state index is 5.61. The molecule has 0 bridgehead atoms. The molecule has 0 amide bonds. The van der Waals surface area contributed by atoms with Crippen molar-refractivity contribution in [3.8, 4) is 0 Å². The normalized spacial score (nSPS) is 26.8. The van der Waals surface area contributed by atoms with Crippen LogP contribution in [0.1, 0.15) is 13.3 Å². The summed E-state index contributed by atoms with van der Waals surface area (Å²) < 4.78 is 0. The molecule has 4 heteroatoms. The number of hydrogen-bond acceptors (Lipinski definition) is 2. The summed E-state index contributed by atoms with van der Waals surface area (Å²) in [5.41, 5.74) is 5.61. The van der Waals surface area contributed by atoms with Gasteiger partial charge < -0.3 is 15.5 Å². The maximum Gasteiger partial charge on any atom is 0.166 e. The zero-order chi connectivity index (χ0) is 9.14. The summed E-state index contributed by atoms with van der Waals surface area (Å²) in [6.07, 6.45) is 1.15. The van der Waals surface area contributed by atoms with Crippen molar-refractivity contribution >= 4 is 17.3 Å². The Hall–Kier alpha value is -0.350. The van der Waals surface area contributed by atoms with Gasteiger partial charge in [-0.2, -0.15) is 0 Å². The van der Waals surface area contributed by atoms with Crippen LogP contribution in [0.2, 0.25) is 0 Å². The molecule has 2 N–H and O–H groups in total. The predicted octanol–water partition coefficient (Wildman–Crippen LogP) is 0.256. The summed E-state index contributed by atoms with van der Waals surface area (Å²) >= 11 is 4.98. The van der Waals surface area contributed by atoms with Gasteiger partial charge in [0.15, 0.2) is 5.11 Å². The van der Waals surface area contributed by atoms with Crippen LogP contribution in [0.3, 0.4) is 0 Å². The highest BCUT2D eigenvalue weighted by Gasteiger charge is 2.19. The van der Waals surface area contributed by atoms with Gasteiger partial charge in [0.1, 0.15) is 0 Å². The Bertz CT molecular complexity index is 172. The first-order chi connectivity index (χ1) is 5.61. The summed E-state index contributed by atoms with van der Waals surface area (Å²) in [6, 6.07) is 0.454. The lowest BCUT2D eigenvalue weighted by atomic mass is 10.3. The lowest BCUT2D eigenvalue weighted by molar-refractivity contribution is 0.286. The second-order valence-electron chi connectivity index (χ2n) is 3.50. The van der Waals surface area contributed by atoms with Gasteiger partial charge in [-0.25, -0.2) is 0 Å². The van der Waals surface area contributed by atoms with E-state index in [4.69, 9.17) is 18.0 Å². The van der Waals surface area contributed by atoms with E-state index in [0.717, 1.165) is 26.1 Å². The van der Waals surface area contributed by atoms with Gasteiger partial charge in [0.2, 0.25) is 0 Å². The third-order valence-electron chi connectivity index (χ3n) is 2.33. The first-order valence-electron chi connectivity index (χ1n) is 4.36. The minimum Gasteiger partial charge on any atom is -0.376 e. The van der Waals surface area contributed by atoms with E-state index in [2.05, 4.69) is 23.8 Å². The molecule has 0 aromatic rings. The Labute approximate surface area is 79.5 Å². The number of nitrogens with two attached hydrogens (primary N) is 1. The fourth-order valence-electron chi connectivity index (χ4n) is 1.70. The summed E-state index contributed by atoms with van der Waals surface area (Å²) in [4.78, 5) is 4.43. The third-order valence-corrected chi connectivity index (χ3v) is 2.56. The van der Waals surface area contributed by atoms with E-state index in [0.29, 0.717) is 11.2 Å². The molecule has 0 saturated carbocycles. The Balaban J connectivity index is 2.57. The highest BCUT2D eigenvalue weighted by Crippen LogP contribution is 2.07. The minimum absolute atomic E-state index is 0.454. The Morgan fingerprint density at radius 2 is 2.17 bits per heavy atom. The van der Waals surface area contributed by atoms with Crippen molar-refractivity contribution in [3.05, 3.63) is 0 Å². The van der Waals surface area contributed by atoms with Gasteiger partial charge in [-0.3, -0.25) is 0 Å². The van der Waals surface area contributed by atoms with E-state index in [9.17, 15) is 0 Å². The van der Waals surface area contributed by atoms with Crippen LogP contribution in [0.25, 0.3) is 0 Å². The molecule has 1 saturated heterocycles. The predicted molar refractivity (Wildman–Crippen MR) is 55.1 cm³/mol. The quantitative estimate of drug-likeness (QED) is 0.551. The van der Waals surface area contributed by atoms with E-state index in [-0.39, 0.29) is 0 Å². The maximum atomic E-state index is 5.61. The molecule has 0 aliphatic carbocycles. The van der Waals surface area contributed by atoms with Crippen LogP contribution in [-0.4, -0.2) is 47.6 Å². The molecular weight excluding hydrogens is 170 g/mol. The van der Waals surface area contributed by atoms with Crippen LogP contribution in [0.15, 0.2) is 0 Å². The molecule has 12 heavy (non-hydrogen) atoms. The van der Waals surface area contributed by atoms with Gasteiger partial charge in [-0.05, 0) is 39.2 Å². The van der Waals surface area contributed by atoms with Crippen molar-refractivity contribution in [3.63, 3.8) is 0 Å². The van der Waals surface area contributed by atoms with E-state index in [1.54, 1.807) is 0 Å². The van der Waals surface area contributed by atoms with Crippen molar-refractivity contribution < 1.29 is 0 Å². The second kappa shape index (κ2) is 4.05. The Kier molecular flexibility index (Phi) is 3.29. The van der Waals surface area contributed by atoms with E-state index >= 15 is 0 Å². The van der Waals surface area contributed by atoms with Crippen molar-refractivity contribution in [1.29, 1.82) is 0 Å². The molecule has 0 aromatic carbocycles. The van der Waals surface area contributed by atoms with Gasteiger partial charge in [0.25, 0.3) is 0 Å². The molecule has 1 unspecified atom stereocenters. The molecule has 70 valence electrons. The van der Waals surface area contributed by atoms with E-state index < -0.39 is 0 Å². The zero-order valence-corrected chi connectivity index (χ0v) is 8.60. The summed E-state index contributed by atoms with van der Waals surface area (Å²) in [7, 11) is 2.14. The topological polar surface area (TPSA) is 32.5 Å². The van der Waals surface area contributed by atoms with E-state index in [1.807, 2.05) is 0 Å². The minimum atomic E-state index is 0.454. The second-order valence-corrected chi connectivity index (χ2v) is 3.91. The highest BCUT2D eigenvalue weighted by molar-refractivity contribution is 7.80. The average Bonchev–Trinajstić information content (AvgIpc) is 2.10. The van der Waals surface area contributed by atoms with Crippen LogP contribution in [0.5, 0.6) is 0 Å². The van der Waals surface area contributed by atoms with Crippen molar-refractivity contribution in [2.75, 3.05) is 26.7 Å². The molecule has 1 aliphatic rings. The first-order valence-corrected chi connectivity index (χ1v) is 4.76. The monoisotopic (exact) mass is 187 g/mol. The number of rotatable bonds is 0. The molecule has 1 heterocycles. The molecule has 0 radical (unpaired) electrons. The van der Waals surface area contributed by atoms with E-state index in [1.165, 1.54) is 0 Å². The number of nitrogens with zero attached hydrogens (tertiary/aromatic N) is 2. The Morgan fingerprint density at radius 3 is 2.75 bits per heavy atom. The third kappa shape index (κ3) is 2.32. The van der Waals surface area contributed by atoms with Crippen LogP contribution in [0, 0.1) is 0 Å². The van der Waals surface area contributed by atoms with Gasteiger partial charge in [0, 0.05) is 19.1 Å². The van der Waals surface area contributed by atoms with Crippen LogP contribution in [-0.2, 0) is 0 Å². The first kappa shape index (κ1) is 9.74. The van der Waals surface area contributed by atoms with Crippen LogP contribution < -0.4 is 5.73 Å². The molecule has 1 aliphatic heterocycles. The van der Waals surface area contributed by atoms with Gasteiger partial charge in [-0.1, -0.05) is 0 Å². The van der Waals surface area contributed by atoms with Crippen LogP contribution in [0.4, 0.5) is 0 Å². The van der Waals surface area contributed by atoms with Crippen molar-refractivity contribution in [2.45, 2.75) is 19.4 Å². The molecule has 1 rings (SSSR count). The lowest BCUT2D eigenvalue weighted by Crippen LogP contribution is -2.44. The zero-order valence-electron chi connectivity index (χ0n) is 7.79. The SMILES string of the molecule is CC1CN(C)CCCN1C(N)=S. The fraction of sp³-hybridized carbons (Fsp3) is 0.875. The standard InChI is InChI=1S/C8H17N3S/c1-7-6-10(2)4-3-5-11(7)8(9)12/h7H,3-6H2,1-2H3,(H2,9,12). The molecule has 1 fully saturated rings. The van der Waals surface area contributed by atoms with Gasteiger partial charge in [0.05, 0.1) is 0 Å². The molecule has 0 aromatic heterocycles. The largest absolute Gasteiger partial charge is 0.376 e. The summed E-state index contributed by atoms with van der Waals surface area (Å²) in [5, 5.41) is 0.540. The summed E-state index contributed by atoms with van der Waals surface area (Å²) in [5.74, 6) is 0. The highest BCUT2D eigenvalue weighted by atomic mass is 32.1. The molecule has 1 atom stereocenters. The van der Waals surface area contributed by atoms with Crippen molar-refractivity contribution in [2.24, 2.45) is 5.73 Å². The molecular formula is C8H17N3S. The van der Waals surface area contributed by atoms with Crippen molar-refractivity contribution in [1.82, 2.24) is 9.80 Å². The number of likely N-dealkylation sites (N-methyl/N-ethyl adjacent to an activating group) is 1. The molecule has 0 spiro atoms. The number of thiocarbonyl (C=S) groups is 1. The van der Waals surface area contributed by atoms with Crippen LogP contribution >= 0.6 is 12.2 Å². The average molecular weight is 187 g/mol. The smallest absolute Gasteiger partial charge is 0.166 e. The Morgan fingerprint density at radius 1 is 1.50 bits per heavy atom. The van der Waals surface area contributed by atoms with Gasteiger partial charge in [-0.15, -0.1) is 0 Å².